The van der Waals surface area contributed by atoms with E-state index in [0.717, 1.165) is 62.5 Å². The van der Waals surface area contributed by atoms with Crippen molar-refractivity contribution < 1.29 is 120 Å². The van der Waals surface area contributed by atoms with Crippen LogP contribution in [-0.4, -0.2) is 168 Å². The number of rotatable bonds is 15. The molecule has 0 spiro atoms. The van der Waals surface area contributed by atoms with Crippen molar-refractivity contribution in [2.24, 2.45) is 0 Å². The second kappa shape index (κ2) is 21.0. The van der Waals surface area contributed by atoms with E-state index in [9.17, 15) is 58.5 Å². The van der Waals surface area contributed by atoms with Gasteiger partial charge in [-0.2, -0.15) is 0 Å². The third-order valence-corrected chi connectivity index (χ3v) is 8.61. The van der Waals surface area contributed by atoms with Crippen molar-refractivity contribution >= 4 is 53.7 Å². The molecule has 342 valence electrons. The minimum absolute atomic E-state index is 0.544. The molecule has 0 saturated carbocycles. The molecule has 13 atom stereocenters. The van der Waals surface area contributed by atoms with E-state index >= 15 is 0 Å². The lowest BCUT2D eigenvalue weighted by Gasteiger charge is -2.50. The van der Waals surface area contributed by atoms with Gasteiger partial charge in [0.2, 0.25) is 24.2 Å². The average molecular weight is 881 g/mol. The highest BCUT2D eigenvalue weighted by molar-refractivity contribution is 5.89. The number of methoxy groups -OCH3 is 1. The van der Waals surface area contributed by atoms with Crippen molar-refractivity contribution in [3.63, 3.8) is 0 Å². The molecular formula is C36H48O25. The smallest absolute Gasteiger partial charge is 0.333 e. The highest BCUT2D eigenvalue weighted by Crippen LogP contribution is 2.43. The summed E-state index contributed by atoms with van der Waals surface area (Å²) in [5, 5.41) is 36.1. The monoisotopic (exact) mass is 880 g/mol. The Bertz CT molecular complexity index is 1730. The summed E-state index contributed by atoms with van der Waals surface area (Å²) in [5.41, 5.74) is -0.700. The Hall–Kier alpha value is -5.31. The Kier molecular flexibility index (Phi) is 17.2. The van der Waals surface area contributed by atoms with Crippen LogP contribution in [0.4, 0.5) is 0 Å². The summed E-state index contributed by atoms with van der Waals surface area (Å²) in [4.78, 5) is 111. The van der Waals surface area contributed by atoms with Gasteiger partial charge in [0.05, 0.1) is 7.11 Å². The van der Waals surface area contributed by atoms with Crippen molar-refractivity contribution in [3.8, 4) is 0 Å². The van der Waals surface area contributed by atoms with Crippen molar-refractivity contribution in [1.82, 2.24) is 0 Å². The predicted molar refractivity (Wildman–Crippen MR) is 187 cm³/mol. The maximum absolute atomic E-state index is 13.1. The van der Waals surface area contributed by atoms with E-state index in [0.29, 0.717) is 6.08 Å². The second-order valence-corrected chi connectivity index (χ2v) is 13.7. The first kappa shape index (κ1) is 50.0. The van der Waals surface area contributed by atoms with E-state index < -0.39 is 158 Å². The molecule has 0 amide bonds. The van der Waals surface area contributed by atoms with Crippen LogP contribution in [0.5, 0.6) is 0 Å². The zero-order chi connectivity index (χ0) is 46.1. The predicted octanol–water partition coefficient (Wildman–Crippen LogP) is -2.57. The van der Waals surface area contributed by atoms with Crippen molar-refractivity contribution in [1.29, 1.82) is 0 Å². The van der Waals surface area contributed by atoms with Crippen LogP contribution in [0.15, 0.2) is 11.6 Å². The molecule has 0 radical (unpaired) electrons. The van der Waals surface area contributed by atoms with Gasteiger partial charge >= 0.3 is 53.7 Å². The molecule has 2 fully saturated rings. The average Bonchev–Trinajstić information content (AvgIpc) is 3.12. The summed E-state index contributed by atoms with van der Waals surface area (Å²) < 4.78 is 70.1. The van der Waals surface area contributed by atoms with Gasteiger partial charge in [0.25, 0.3) is 0 Å². The van der Waals surface area contributed by atoms with Gasteiger partial charge in [-0.05, 0) is 6.08 Å². The third kappa shape index (κ3) is 13.3. The third-order valence-electron chi connectivity index (χ3n) is 8.61. The first-order chi connectivity index (χ1) is 28.3. The van der Waals surface area contributed by atoms with Crippen molar-refractivity contribution in [2.75, 3.05) is 20.3 Å². The van der Waals surface area contributed by atoms with Gasteiger partial charge in [0.15, 0.2) is 42.7 Å². The zero-order valence-electron chi connectivity index (χ0n) is 34.4. The normalized spacial score (nSPS) is 33.3. The fraction of sp³-hybridized carbons (Fsp3) is 0.694. The number of hydrogen-bond donors (Lipinski definition) is 3. The molecule has 61 heavy (non-hydrogen) atoms. The molecule has 0 bridgehead atoms. The molecule has 0 aromatic heterocycles. The standard InChI is InChI=1S/C36H48O25/c1-14(37)50-12-23-25(52-16(3)39)27(54-18(5)41)29(56-20(7)43)32(58-23)60-35(47)10-22(31(45)49-9)11-36(48,34(35)46)61-33-30(57-21(8)44)28(55-19(6)42)26(53-17(4)40)24(59-33)13-51-15(2)38/h10,23-30,32-34,46-48H,11-13H2,1-9H3/t23-,24-,25-,26-,27+,28+,29-,30-,32?,33?,34?,35?,36?/m1/s1. The first-order valence-corrected chi connectivity index (χ1v) is 18.2. The van der Waals surface area contributed by atoms with Crippen LogP contribution in [0.3, 0.4) is 0 Å². The van der Waals surface area contributed by atoms with Crippen LogP contribution in [0.1, 0.15) is 61.8 Å². The topological polar surface area (TPSA) is 334 Å². The van der Waals surface area contributed by atoms with Gasteiger partial charge in [-0.15, -0.1) is 0 Å². The number of aliphatic hydroxyl groups is 3. The van der Waals surface area contributed by atoms with Crippen LogP contribution >= 0.6 is 0 Å². The summed E-state index contributed by atoms with van der Waals surface area (Å²) in [6, 6.07) is 0. The Labute approximate surface area is 346 Å². The SMILES string of the molecule is COC(=O)C1=CC(O)(OC2O[C@H](COC(C)=O)[C@@H](OC(C)=O)[C@H](OC(C)=O)[C@H]2OC(C)=O)C(O)C(O)(OC2O[C@H](COC(C)=O)[C@@H](OC(C)=O)[C@H](OC(C)=O)[C@H]2OC(C)=O)C1. The molecule has 3 N–H and O–H groups in total. The summed E-state index contributed by atoms with van der Waals surface area (Å²) in [6.45, 7) is 6.10. The van der Waals surface area contributed by atoms with Crippen molar-refractivity contribution in [3.05, 3.63) is 11.6 Å². The van der Waals surface area contributed by atoms with Gasteiger partial charge in [0.1, 0.15) is 25.4 Å². The molecule has 0 aromatic rings. The summed E-state index contributed by atoms with van der Waals surface area (Å²) in [7, 11) is 0.896. The maximum Gasteiger partial charge on any atom is 0.333 e. The Balaban J connectivity index is 2.22. The number of carbonyl (C=O) groups excluding carboxylic acids is 9. The zero-order valence-corrected chi connectivity index (χ0v) is 34.4. The lowest BCUT2D eigenvalue weighted by Crippen LogP contribution is -2.69. The van der Waals surface area contributed by atoms with Gasteiger partial charge in [0, 0.05) is 67.4 Å². The molecule has 25 nitrogen and oxygen atoms in total. The molecule has 2 aliphatic heterocycles. The summed E-state index contributed by atoms with van der Waals surface area (Å²) >= 11 is 0. The Morgan fingerprint density at radius 2 is 0.902 bits per heavy atom. The number of ether oxygens (including phenoxy) is 13. The number of esters is 9. The molecule has 25 heteroatoms. The van der Waals surface area contributed by atoms with E-state index in [2.05, 4.69) is 0 Å². The van der Waals surface area contributed by atoms with Crippen molar-refractivity contribution in [2.45, 2.75) is 141 Å². The molecule has 3 rings (SSSR count). The molecular weight excluding hydrogens is 832 g/mol. The highest BCUT2D eigenvalue weighted by Gasteiger charge is 2.63. The minimum atomic E-state index is -3.43. The van der Waals surface area contributed by atoms with E-state index in [4.69, 9.17) is 61.6 Å². The van der Waals surface area contributed by atoms with Crippen LogP contribution in [0, 0.1) is 0 Å². The van der Waals surface area contributed by atoms with E-state index in [-0.39, 0.29) is 0 Å². The van der Waals surface area contributed by atoms with Gasteiger partial charge in [-0.3, -0.25) is 38.4 Å². The fourth-order valence-electron chi connectivity index (χ4n) is 6.49. The Morgan fingerprint density at radius 1 is 0.557 bits per heavy atom. The highest BCUT2D eigenvalue weighted by atomic mass is 16.8. The quantitative estimate of drug-likeness (QED) is 0.0864. The number of aliphatic hydroxyl groups excluding tert-OH is 1. The lowest BCUT2D eigenvalue weighted by molar-refractivity contribution is -0.422. The van der Waals surface area contributed by atoms with Crippen LogP contribution in [0.2, 0.25) is 0 Å². The minimum Gasteiger partial charge on any atom is -0.466 e. The van der Waals surface area contributed by atoms with Crippen LogP contribution < -0.4 is 0 Å². The summed E-state index contributed by atoms with van der Waals surface area (Å²) in [6.07, 6.45) is -22.3. The number of hydrogen-bond acceptors (Lipinski definition) is 25. The second-order valence-electron chi connectivity index (χ2n) is 13.7. The van der Waals surface area contributed by atoms with Gasteiger partial charge in [-0.25, -0.2) is 4.79 Å². The van der Waals surface area contributed by atoms with Crippen LogP contribution in [0.25, 0.3) is 0 Å². The molecule has 0 aromatic carbocycles. The Morgan fingerprint density at radius 3 is 1.25 bits per heavy atom. The maximum atomic E-state index is 13.1. The molecule has 5 unspecified atom stereocenters. The molecule has 2 saturated heterocycles. The molecule has 3 aliphatic rings. The fourth-order valence-corrected chi connectivity index (χ4v) is 6.49. The molecule has 1 aliphatic carbocycles. The largest absolute Gasteiger partial charge is 0.466 e. The molecule has 2 heterocycles. The van der Waals surface area contributed by atoms with E-state index in [1.54, 1.807) is 0 Å². The van der Waals surface area contributed by atoms with E-state index in [1.807, 2.05) is 0 Å². The van der Waals surface area contributed by atoms with E-state index in [1.165, 1.54) is 0 Å². The van der Waals surface area contributed by atoms with Crippen LogP contribution in [-0.2, 0) is 105 Å². The van der Waals surface area contributed by atoms with Gasteiger partial charge < -0.3 is 76.9 Å². The number of carbonyl (C=O) groups is 9. The summed E-state index contributed by atoms with van der Waals surface area (Å²) in [5.74, 6) is -16.0. The van der Waals surface area contributed by atoms with Gasteiger partial charge in [-0.1, -0.05) is 0 Å². The lowest BCUT2D eigenvalue weighted by atomic mass is 9.85. The first-order valence-electron chi connectivity index (χ1n) is 18.2.